The van der Waals surface area contributed by atoms with Crippen molar-refractivity contribution in [3.63, 3.8) is 0 Å². The number of nitrogens with zero attached hydrogens (tertiary/aromatic N) is 1. The van der Waals surface area contributed by atoms with Crippen molar-refractivity contribution in [2.75, 3.05) is 13.1 Å². The number of likely N-dealkylation sites (tertiary alicyclic amines) is 1. The molecule has 0 unspecified atom stereocenters. The van der Waals surface area contributed by atoms with E-state index >= 15 is 0 Å². The molecule has 1 aromatic carbocycles. The van der Waals surface area contributed by atoms with E-state index in [0.29, 0.717) is 23.0 Å². The van der Waals surface area contributed by atoms with Crippen LogP contribution in [0, 0.1) is 0 Å². The van der Waals surface area contributed by atoms with Crippen LogP contribution in [0.4, 0.5) is 13.2 Å². The van der Waals surface area contributed by atoms with E-state index in [9.17, 15) is 18.0 Å². The van der Waals surface area contributed by atoms with Crippen LogP contribution in [-0.4, -0.2) is 36.1 Å². The third-order valence-electron chi connectivity index (χ3n) is 3.30. The quantitative estimate of drug-likeness (QED) is 0.916. The summed E-state index contributed by atoms with van der Waals surface area (Å²) in [5.74, 6) is -1.78. The Kier molecular flexibility index (Phi) is 5.01. The molecule has 1 aromatic rings. The van der Waals surface area contributed by atoms with Gasteiger partial charge in [-0.25, -0.2) is 0 Å². The number of carbonyl (C=O) groups is 1. The lowest BCUT2D eigenvalue weighted by atomic mass is 10.2. The summed E-state index contributed by atoms with van der Waals surface area (Å²) in [5.41, 5.74) is 0.880. The van der Waals surface area contributed by atoms with Gasteiger partial charge >= 0.3 is 12.1 Å². The van der Waals surface area contributed by atoms with Crippen LogP contribution in [-0.2, 0) is 11.3 Å². The zero-order valence-electron chi connectivity index (χ0n) is 10.9. The fraction of sp³-hybridized carbons (Fsp3) is 0.462. The minimum absolute atomic E-state index is 0.0552. The zero-order valence-corrected chi connectivity index (χ0v) is 12.4. The van der Waals surface area contributed by atoms with Crippen LogP contribution in [0.1, 0.15) is 12.0 Å². The predicted molar refractivity (Wildman–Crippen MR) is 74.3 cm³/mol. The fourth-order valence-electron chi connectivity index (χ4n) is 2.20. The van der Waals surface area contributed by atoms with Gasteiger partial charge in [-0.05, 0) is 24.1 Å². The van der Waals surface area contributed by atoms with E-state index in [1.165, 1.54) is 0 Å². The second-order valence-corrected chi connectivity index (χ2v) is 5.68. The van der Waals surface area contributed by atoms with Crippen molar-refractivity contribution >= 4 is 29.1 Å². The van der Waals surface area contributed by atoms with Gasteiger partial charge in [0.2, 0.25) is 0 Å². The molecule has 21 heavy (non-hydrogen) atoms. The molecule has 1 aliphatic heterocycles. The van der Waals surface area contributed by atoms with Gasteiger partial charge in [0.15, 0.2) is 0 Å². The largest absolute Gasteiger partial charge is 0.471 e. The summed E-state index contributed by atoms with van der Waals surface area (Å²) in [5, 5.41) is 3.99. The van der Waals surface area contributed by atoms with Gasteiger partial charge in [-0.3, -0.25) is 4.79 Å². The number of nitrogens with one attached hydrogen (secondary N) is 1. The Morgan fingerprint density at radius 1 is 1.33 bits per heavy atom. The van der Waals surface area contributed by atoms with Gasteiger partial charge < -0.3 is 10.2 Å². The molecule has 0 aliphatic carbocycles. The van der Waals surface area contributed by atoms with Gasteiger partial charge in [0.1, 0.15) is 0 Å². The molecule has 1 amide bonds. The van der Waals surface area contributed by atoms with Crippen LogP contribution in [0.3, 0.4) is 0 Å². The molecule has 1 aliphatic rings. The van der Waals surface area contributed by atoms with E-state index in [1.807, 2.05) is 0 Å². The Bertz CT molecular complexity index is 537. The van der Waals surface area contributed by atoms with Gasteiger partial charge in [0.05, 0.1) is 10.0 Å². The monoisotopic (exact) mass is 340 g/mol. The molecule has 0 saturated carbocycles. The van der Waals surface area contributed by atoms with Crippen LogP contribution in [0.25, 0.3) is 0 Å². The first-order valence-corrected chi connectivity index (χ1v) is 7.06. The standard InChI is InChI=1S/C13H13Cl2F3N2O/c14-10-2-1-8(5-11(10)15)6-19-9-3-4-20(7-9)12(21)13(16,17)18/h1-2,5,9,19H,3-4,6-7H2/t9-/m1/s1. The summed E-state index contributed by atoms with van der Waals surface area (Å²) in [4.78, 5) is 11.9. The van der Waals surface area contributed by atoms with Crippen molar-refractivity contribution in [1.29, 1.82) is 0 Å². The summed E-state index contributed by atoms with van der Waals surface area (Å²) in [6.45, 7) is 0.618. The number of benzene rings is 1. The van der Waals surface area contributed by atoms with Crippen LogP contribution in [0.2, 0.25) is 10.0 Å². The summed E-state index contributed by atoms with van der Waals surface area (Å²) in [6.07, 6.45) is -4.32. The summed E-state index contributed by atoms with van der Waals surface area (Å²) in [7, 11) is 0. The molecule has 0 bridgehead atoms. The van der Waals surface area contributed by atoms with Crippen LogP contribution in [0.5, 0.6) is 0 Å². The average molecular weight is 341 g/mol. The average Bonchev–Trinajstić information content (AvgIpc) is 2.87. The number of rotatable bonds is 3. The molecule has 0 spiro atoms. The Morgan fingerprint density at radius 2 is 2.05 bits per heavy atom. The Hall–Kier alpha value is -0.980. The third kappa shape index (κ3) is 4.25. The summed E-state index contributed by atoms with van der Waals surface area (Å²) < 4.78 is 37.0. The van der Waals surface area contributed by atoms with E-state index < -0.39 is 12.1 Å². The van der Waals surface area contributed by atoms with Crippen LogP contribution in [0.15, 0.2) is 18.2 Å². The highest BCUT2D eigenvalue weighted by molar-refractivity contribution is 6.42. The molecular formula is C13H13Cl2F3N2O. The Balaban J connectivity index is 1.86. The first kappa shape index (κ1) is 16.4. The minimum Gasteiger partial charge on any atom is -0.333 e. The maximum atomic E-state index is 12.3. The third-order valence-corrected chi connectivity index (χ3v) is 4.04. The molecule has 1 fully saturated rings. The van der Waals surface area contributed by atoms with Crippen molar-refractivity contribution in [3.05, 3.63) is 33.8 Å². The van der Waals surface area contributed by atoms with Crippen molar-refractivity contribution in [2.45, 2.75) is 25.2 Å². The van der Waals surface area contributed by atoms with E-state index in [2.05, 4.69) is 5.32 Å². The molecule has 0 radical (unpaired) electrons. The SMILES string of the molecule is O=C(N1CC[C@@H](NCc2ccc(Cl)c(Cl)c2)C1)C(F)(F)F. The van der Waals surface area contributed by atoms with E-state index in [4.69, 9.17) is 23.2 Å². The smallest absolute Gasteiger partial charge is 0.333 e. The summed E-state index contributed by atoms with van der Waals surface area (Å²) >= 11 is 11.7. The van der Waals surface area contributed by atoms with Crippen molar-refractivity contribution < 1.29 is 18.0 Å². The number of alkyl halides is 3. The molecular weight excluding hydrogens is 328 g/mol. The van der Waals surface area contributed by atoms with Crippen LogP contribution < -0.4 is 5.32 Å². The highest BCUT2D eigenvalue weighted by Crippen LogP contribution is 2.24. The first-order chi connectivity index (χ1) is 9.77. The normalized spacial score (nSPS) is 19.1. The predicted octanol–water partition coefficient (Wildman–Crippen LogP) is 3.25. The molecule has 3 nitrogen and oxygen atoms in total. The minimum atomic E-state index is -4.81. The number of carbonyl (C=O) groups excluding carboxylic acids is 1. The fourth-order valence-corrected chi connectivity index (χ4v) is 2.52. The zero-order chi connectivity index (χ0) is 15.6. The number of halogens is 5. The molecule has 1 N–H and O–H groups in total. The van der Waals surface area contributed by atoms with E-state index in [0.717, 1.165) is 10.5 Å². The molecule has 0 aromatic heterocycles. The lowest BCUT2D eigenvalue weighted by molar-refractivity contribution is -0.184. The van der Waals surface area contributed by atoms with Gasteiger partial charge in [0.25, 0.3) is 0 Å². The second-order valence-electron chi connectivity index (χ2n) is 4.86. The molecule has 116 valence electrons. The summed E-state index contributed by atoms with van der Waals surface area (Å²) in [6, 6.07) is 4.99. The molecule has 1 saturated heterocycles. The maximum absolute atomic E-state index is 12.3. The number of amides is 1. The Morgan fingerprint density at radius 3 is 2.67 bits per heavy atom. The first-order valence-electron chi connectivity index (χ1n) is 6.31. The van der Waals surface area contributed by atoms with Gasteiger partial charge in [-0.15, -0.1) is 0 Å². The van der Waals surface area contributed by atoms with Crippen molar-refractivity contribution in [1.82, 2.24) is 10.2 Å². The van der Waals surface area contributed by atoms with Crippen molar-refractivity contribution in [3.8, 4) is 0 Å². The van der Waals surface area contributed by atoms with Gasteiger partial charge in [0, 0.05) is 25.7 Å². The number of hydrogen-bond acceptors (Lipinski definition) is 2. The van der Waals surface area contributed by atoms with E-state index in [1.54, 1.807) is 18.2 Å². The lowest BCUT2D eigenvalue weighted by Gasteiger charge is -2.18. The molecule has 1 atom stereocenters. The molecule has 8 heteroatoms. The maximum Gasteiger partial charge on any atom is 0.471 e. The Labute approximate surface area is 130 Å². The van der Waals surface area contributed by atoms with Gasteiger partial charge in [-0.1, -0.05) is 29.3 Å². The molecule has 1 heterocycles. The van der Waals surface area contributed by atoms with Crippen LogP contribution >= 0.6 is 23.2 Å². The molecule has 2 rings (SSSR count). The topological polar surface area (TPSA) is 32.3 Å². The second kappa shape index (κ2) is 6.42. The van der Waals surface area contributed by atoms with Crippen molar-refractivity contribution in [2.24, 2.45) is 0 Å². The lowest BCUT2D eigenvalue weighted by Crippen LogP contribution is -2.41. The highest BCUT2D eigenvalue weighted by Gasteiger charge is 2.44. The highest BCUT2D eigenvalue weighted by atomic mass is 35.5. The number of hydrogen-bond donors (Lipinski definition) is 1. The van der Waals surface area contributed by atoms with Gasteiger partial charge in [-0.2, -0.15) is 13.2 Å². The van der Waals surface area contributed by atoms with E-state index in [-0.39, 0.29) is 19.1 Å².